The van der Waals surface area contributed by atoms with Gasteiger partial charge in [0.25, 0.3) is 0 Å². The molecular weight excluding hydrogens is 350 g/mol. The summed E-state index contributed by atoms with van der Waals surface area (Å²) in [5, 5.41) is 10.1. The van der Waals surface area contributed by atoms with E-state index in [4.69, 9.17) is 4.74 Å². The molecule has 0 radical (unpaired) electrons. The van der Waals surface area contributed by atoms with Crippen LogP contribution in [0.2, 0.25) is 0 Å². The van der Waals surface area contributed by atoms with E-state index >= 15 is 0 Å². The second-order valence-corrected chi connectivity index (χ2v) is 6.55. The molecule has 134 valence electrons. The van der Waals surface area contributed by atoms with Gasteiger partial charge in [0.05, 0.1) is 11.8 Å². The first-order valence-electron chi connectivity index (χ1n) is 8.10. The lowest BCUT2D eigenvalue weighted by molar-refractivity contribution is -0.119. The Morgan fingerprint density at radius 1 is 1.31 bits per heavy atom. The molecule has 1 atom stereocenters. The van der Waals surface area contributed by atoms with Gasteiger partial charge in [-0.2, -0.15) is 5.10 Å². The van der Waals surface area contributed by atoms with Crippen molar-refractivity contribution in [3.05, 3.63) is 66.2 Å². The summed E-state index contributed by atoms with van der Waals surface area (Å²) in [6.07, 6.45) is 4.93. The molecule has 8 heteroatoms. The summed E-state index contributed by atoms with van der Waals surface area (Å²) in [4.78, 5) is 20.1. The van der Waals surface area contributed by atoms with Crippen LogP contribution < -0.4 is 10.1 Å². The van der Waals surface area contributed by atoms with Crippen LogP contribution in [0.25, 0.3) is 0 Å². The minimum atomic E-state index is -0.0924. The Labute approximate surface area is 155 Å². The summed E-state index contributed by atoms with van der Waals surface area (Å²) in [5.41, 5.74) is 2.03. The van der Waals surface area contributed by atoms with E-state index in [2.05, 4.69) is 25.5 Å². The molecule has 7 nitrogen and oxygen atoms in total. The van der Waals surface area contributed by atoms with Crippen molar-refractivity contribution in [1.29, 1.82) is 0 Å². The highest BCUT2D eigenvalue weighted by atomic mass is 32.2. The summed E-state index contributed by atoms with van der Waals surface area (Å²) in [6, 6.07) is 11.5. The standard InChI is InChI=1S/C18H19N5O2S/c1-13(22-17(24)11-26-18-20-12-21-23-18)15-4-6-16(7-5-15)25-10-14-3-2-8-19-9-14/h2-9,12-13H,10-11H2,1H3,(H,22,24)(H,20,21,23). The van der Waals surface area contributed by atoms with Gasteiger partial charge in [-0.05, 0) is 30.7 Å². The fraction of sp³-hybridized carbons (Fsp3) is 0.222. The highest BCUT2D eigenvalue weighted by molar-refractivity contribution is 7.99. The third-order valence-electron chi connectivity index (χ3n) is 3.62. The summed E-state index contributed by atoms with van der Waals surface area (Å²) >= 11 is 1.31. The first-order valence-corrected chi connectivity index (χ1v) is 9.08. The molecule has 3 rings (SSSR count). The van der Waals surface area contributed by atoms with E-state index in [1.54, 1.807) is 12.4 Å². The second kappa shape index (κ2) is 9.00. The first-order chi connectivity index (χ1) is 12.7. The quantitative estimate of drug-likeness (QED) is 0.593. The molecule has 0 aliphatic heterocycles. The number of carbonyl (C=O) groups is 1. The van der Waals surface area contributed by atoms with Gasteiger partial charge in [0.2, 0.25) is 5.91 Å². The van der Waals surface area contributed by atoms with Gasteiger partial charge in [0.1, 0.15) is 18.7 Å². The lowest BCUT2D eigenvalue weighted by Crippen LogP contribution is -2.28. The molecule has 0 spiro atoms. The van der Waals surface area contributed by atoms with Gasteiger partial charge in [-0.25, -0.2) is 4.98 Å². The van der Waals surface area contributed by atoms with Crippen LogP contribution in [0.1, 0.15) is 24.1 Å². The minimum Gasteiger partial charge on any atom is -0.489 e. The van der Waals surface area contributed by atoms with Crippen molar-refractivity contribution < 1.29 is 9.53 Å². The molecule has 2 N–H and O–H groups in total. The number of ether oxygens (including phenoxy) is 1. The zero-order valence-corrected chi connectivity index (χ0v) is 15.1. The molecule has 0 saturated heterocycles. The number of hydrogen-bond acceptors (Lipinski definition) is 6. The Bertz CT molecular complexity index is 809. The van der Waals surface area contributed by atoms with Crippen molar-refractivity contribution in [3.8, 4) is 5.75 Å². The van der Waals surface area contributed by atoms with Gasteiger partial charge >= 0.3 is 0 Å². The average Bonchev–Trinajstić information content (AvgIpc) is 3.19. The molecule has 2 heterocycles. The van der Waals surface area contributed by atoms with Crippen LogP contribution in [0.15, 0.2) is 60.3 Å². The summed E-state index contributed by atoms with van der Waals surface area (Å²) in [6.45, 7) is 2.42. The maximum atomic E-state index is 12.0. The van der Waals surface area contributed by atoms with Crippen molar-refractivity contribution in [2.45, 2.75) is 24.7 Å². The van der Waals surface area contributed by atoms with Crippen LogP contribution in [-0.4, -0.2) is 31.8 Å². The van der Waals surface area contributed by atoms with Gasteiger partial charge in [0, 0.05) is 18.0 Å². The number of aromatic amines is 1. The van der Waals surface area contributed by atoms with E-state index in [1.165, 1.54) is 18.1 Å². The number of benzene rings is 1. The third kappa shape index (κ3) is 5.32. The molecular formula is C18H19N5O2S. The SMILES string of the molecule is CC(NC(=O)CSc1ncn[nH]1)c1ccc(OCc2cccnc2)cc1. The Kier molecular flexibility index (Phi) is 6.21. The van der Waals surface area contributed by atoms with Gasteiger partial charge < -0.3 is 10.1 Å². The Balaban J connectivity index is 1.46. The molecule has 3 aromatic rings. The fourth-order valence-electron chi connectivity index (χ4n) is 2.27. The van der Waals surface area contributed by atoms with Crippen LogP contribution in [0.3, 0.4) is 0 Å². The van der Waals surface area contributed by atoms with Gasteiger partial charge in [-0.1, -0.05) is 30.0 Å². The Morgan fingerprint density at radius 3 is 2.85 bits per heavy atom. The predicted octanol–water partition coefficient (Wildman–Crippen LogP) is 2.75. The number of H-pyrrole nitrogens is 1. The number of nitrogens with one attached hydrogen (secondary N) is 2. The predicted molar refractivity (Wildman–Crippen MR) is 98.7 cm³/mol. The van der Waals surface area contributed by atoms with Gasteiger partial charge in [0.15, 0.2) is 5.16 Å². The molecule has 26 heavy (non-hydrogen) atoms. The Hall–Kier alpha value is -2.87. The van der Waals surface area contributed by atoms with Crippen LogP contribution in [0, 0.1) is 0 Å². The van der Waals surface area contributed by atoms with Crippen molar-refractivity contribution >= 4 is 17.7 Å². The normalized spacial score (nSPS) is 11.7. The molecule has 2 aromatic heterocycles. The highest BCUT2D eigenvalue weighted by Crippen LogP contribution is 2.19. The monoisotopic (exact) mass is 369 g/mol. The molecule has 1 aromatic carbocycles. The van der Waals surface area contributed by atoms with E-state index < -0.39 is 0 Å². The minimum absolute atomic E-state index is 0.0594. The number of hydrogen-bond donors (Lipinski definition) is 2. The maximum Gasteiger partial charge on any atom is 0.230 e. The zero-order valence-electron chi connectivity index (χ0n) is 14.3. The molecule has 0 fully saturated rings. The highest BCUT2D eigenvalue weighted by Gasteiger charge is 2.11. The van der Waals surface area contributed by atoms with E-state index in [1.807, 2.05) is 43.3 Å². The number of pyridine rings is 1. The maximum absolute atomic E-state index is 12.0. The number of rotatable bonds is 8. The lowest BCUT2D eigenvalue weighted by atomic mass is 10.1. The van der Waals surface area contributed by atoms with Gasteiger partial charge in [-0.15, -0.1) is 0 Å². The van der Waals surface area contributed by atoms with Gasteiger partial charge in [-0.3, -0.25) is 14.9 Å². The largest absolute Gasteiger partial charge is 0.489 e. The smallest absolute Gasteiger partial charge is 0.230 e. The van der Waals surface area contributed by atoms with E-state index in [0.29, 0.717) is 11.8 Å². The molecule has 0 aliphatic rings. The summed E-state index contributed by atoms with van der Waals surface area (Å²) < 4.78 is 5.74. The number of nitrogens with zero attached hydrogens (tertiary/aromatic N) is 3. The van der Waals surface area contributed by atoms with Crippen molar-refractivity contribution in [2.75, 3.05) is 5.75 Å². The topological polar surface area (TPSA) is 92.8 Å². The second-order valence-electron chi connectivity index (χ2n) is 5.59. The first kappa shape index (κ1) is 17.9. The van der Waals surface area contributed by atoms with Crippen LogP contribution in [-0.2, 0) is 11.4 Å². The van der Waals surface area contributed by atoms with E-state index in [0.717, 1.165) is 16.9 Å². The molecule has 0 bridgehead atoms. The molecule has 0 saturated carbocycles. The Morgan fingerprint density at radius 2 is 2.15 bits per heavy atom. The molecule has 1 unspecified atom stereocenters. The summed E-state index contributed by atoms with van der Waals surface area (Å²) in [5.74, 6) is 0.999. The fourth-order valence-corrected chi connectivity index (χ4v) is 2.86. The lowest BCUT2D eigenvalue weighted by Gasteiger charge is -2.15. The summed E-state index contributed by atoms with van der Waals surface area (Å²) in [7, 11) is 0. The third-order valence-corrected chi connectivity index (χ3v) is 4.50. The van der Waals surface area contributed by atoms with Crippen molar-refractivity contribution in [3.63, 3.8) is 0 Å². The number of aromatic nitrogens is 4. The van der Waals surface area contributed by atoms with E-state index in [-0.39, 0.29) is 17.7 Å². The average molecular weight is 369 g/mol. The van der Waals surface area contributed by atoms with Crippen LogP contribution in [0.4, 0.5) is 0 Å². The molecule has 1 amide bonds. The number of carbonyl (C=O) groups excluding carboxylic acids is 1. The zero-order chi connectivity index (χ0) is 18.2. The molecule has 0 aliphatic carbocycles. The van der Waals surface area contributed by atoms with Crippen LogP contribution in [0.5, 0.6) is 5.75 Å². The van der Waals surface area contributed by atoms with Crippen molar-refractivity contribution in [1.82, 2.24) is 25.5 Å². The van der Waals surface area contributed by atoms with Crippen LogP contribution >= 0.6 is 11.8 Å². The van der Waals surface area contributed by atoms with E-state index in [9.17, 15) is 4.79 Å². The number of amides is 1. The number of thioether (sulfide) groups is 1. The van der Waals surface area contributed by atoms with Crippen molar-refractivity contribution in [2.24, 2.45) is 0 Å².